The molecular weight excluding hydrogens is 326 g/mol. The van der Waals surface area contributed by atoms with Crippen LogP contribution < -0.4 is 10.6 Å². The third-order valence-electron chi connectivity index (χ3n) is 3.84. The van der Waals surface area contributed by atoms with E-state index in [1.807, 2.05) is 6.07 Å². The number of halogens is 1. The van der Waals surface area contributed by atoms with Crippen molar-refractivity contribution in [3.05, 3.63) is 58.9 Å². The highest BCUT2D eigenvalue weighted by Crippen LogP contribution is 2.28. The van der Waals surface area contributed by atoms with E-state index < -0.39 is 0 Å². The van der Waals surface area contributed by atoms with Crippen molar-refractivity contribution in [1.29, 1.82) is 0 Å². The van der Waals surface area contributed by atoms with Crippen molar-refractivity contribution in [3.8, 4) is 0 Å². The summed E-state index contributed by atoms with van der Waals surface area (Å²) in [6, 6.07) is 8.48. The molecule has 5 nitrogen and oxygen atoms in total. The van der Waals surface area contributed by atoms with E-state index in [-0.39, 0.29) is 18.2 Å². The molecule has 1 aromatic carbocycles. The molecule has 0 spiro atoms. The van der Waals surface area contributed by atoms with Crippen LogP contribution in [0.3, 0.4) is 0 Å². The van der Waals surface area contributed by atoms with E-state index in [1.165, 1.54) is 0 Å². The van der Waals surface area contributed by atoms with Gasteiger partial charge in [0, 0.05) is 24.0 Å². The zero-order valence-corrected chi connectivity index (χ0v) is 13.8. The minimum absolute atomic E-state index is 0.194. The lowest BCUT2D eigenvalue weighted by Crippen LogP contribution is -2.27. The molecule has 0 atom stereocenters. The standard InChI is InChI=1S/C18H18ClN3O2/c19-14-5-6-16(15(9-14)18(24)21-11-12-3-4-12)22-17(23)8-13-2-1-7-20-10-13/h1-2,5-7,9-10,12H,3-4,8,11H2,(H,21,24)(H,22,23). The molecule has 0 aliphatic heterocycles. The monoisotopic (exact) mass is 343 g/mol. The number of benzene rings is 1. The maximum absolute atomic E-state index is 12.4. The van der Waals surface area contributed by atoms with Gasteiger partial charge < -0.3 is 10.6 Å². The van der Waals surface area contributed by atoms with Crippen LogP contribution in [0.25, 0.3) is 0 Å². The molecule has 1 aliphatic carbocycles. The van der Waals surface area contributed by atoms with Crippen molar-refractivity contribution in [2.45, 2.75) is 19.3 Å². The first-order valence-electron chi connectivity index (χ1n) is 7.88. The molecule has 6 heteroatoms. The molecule has 1 fully saturated rings. The summed E-state index contributed by atoms with van der Waals surface area (Å²) in [6.07, 6.45) is 5.81. The quantitative estimate of drug-likeness (QED) is 0.846. The Morgan fingerprint density at radius 2 is 2.08 bits per heavy atom. The van der Waals surface area contributed by atoms with Crippen LogP contribution in [0.4, 0.5) is 5.69 Å². The molecule has 1 heterocycles. The van der Waals surface area contributed by atoms with Crippen LogP contribution in [0.1, 0.15) is 28.8 Å². The van der Waals surface area contributed by atoms with Crippen molar-refractivity contribution in [2.75, 3.05) is 11.9 Å². The summed E-state index contributed by atoms with van der Waals surface area (Å²) >= 11 is 6.00. The molecule has 0 saturated heterocycles. The Labute approximate surface area is 145 Å². The average molecular weight is 344 g/mol. The number of pyridine rings is 1. The van der Waals surface area contributed by atoms with Gasteiger partial charge in [-0.1, -0.05) is 17.7 Å². The lowest BCUT2D eigenvalue weighted by Gasteiger charge is -2.12. The van der Waals surface area contributed by atoms with Crippen LogP contribution in [-0.4, -0.2) is 23.3 Å². The van der Waals surface area contributed by atoms with Crippen LogP contribution in [0.2, 0.25) is 5.02 Å². The molecular formula is C18H18ClN3O2. The number of carbonyl (C=O) groups is 2. The zero-order valence-electron chi connectivity index (χ0n) is 13.1. The van der Waals surface area contributed by atoms with Gasteiger partial charge in [-0.15, -0.1) is 0 Å². The molecule has 1 saturated carbocycles. The minimum atomic E-state index is -0.221. The molecule has 1 aromatic heterocycles. The molecule has 0 bridgehead atoms. The maximum Gasteiger partial charge on any atom is 0.253 e. The second kappa shape index (κ2) is 7.45. The number of nitrogens with one attached hydrogen (secondary N) is 2. The Hall–Kier alpha value is -2.40. The van der Waals surface area contributed by atoms with Crippen molar-refractivity contribution in [3.63, 3.8) is 0 Å². The predicted octanol–water partition coefficient (Wildman–Crippen LogP) is 3.06. The average Bonchev–Trinajstić information content (AvgIpc) is 3.39. The minimum Gasteiger partial charge on any atom is -0.352 e. The van der Waals surface area contributed by atoms with E-state index in [0.717, 1.165) is 18.4 Å². The molecule has 24 heavy (non-hydrogen) atoms. The molecule has 0 unspecified atom stereocenters. The normalized spacial score (nSPS) is 13.4. The van der Waals surface area contributed by atoms with Gasteiger partial charge in [-0.3, -0.25) is 14.6 Å². The highest BCUT2D eigenvalue weighted by Gasteiger charge is 2.23. The van der Waals surface area contributed by atoms with Gasteiger partial charge in [0.25, 0.3) is 5.91 Å². The number of carbonyl (C=O) groups excluding carboxylic acids is 2. The van der Waals surface area contributed by atoms with Crippen molar-refractivity contribution in [2.24, 2.45) is 5.92 Å². The summed E-state index contributed by atoms with van der Waals surface area (Å²) in [6.45, 7) is 0.661. The van der Waals surface area contributed by atoms with Gasteiger partial charge in [-0.25, -0.2) is 0 Å². The number of aromatic nitrogens is 1. The Morgan fingerprint density at radius 3 is 2.79 bits per heavy atom. The fourth-order valence-corrected chi connectivity index (χ4v) is 2.52. The third-order valence-corrected chi connectivity index (χ3v) is 4.07. The number of amides is 2. The highest BCUT2D eigenvalue weighted by atomic mass is 35.5. The summed E-state index contributed by atoms with van der Waals surface area (Å²) in [5, 5.41) is 6.13. The van der Waals surface area contributed by atoms with E-state index in [4.69, 9.17) is 11.6 Å². The number of anilines is 1. The van der Waals surface area contributed by atoms with Crippen LogP contribution in [-0.2, 0) is 11.2 Å². The van der Waals surface area contributed by atoms with Gasteiger partial charge in [-0.05, 0) is 48.6 Å². The molecule has 1 aliphatic rings. The smallest absolute Gasteiger partial charge is 0.253 e. The molecule has 2 aromatic rings. The lowest BCUT2D eigenvalue weighted by atomic mass is 10.1. The first-order chi connectivity index (χ1) is 11.6. The second-order valence-electron chi connectivity index (χ2n) is 5.93. The molecule has 2 amide bonds. The number of hydrogen-bond acceptors (Lipinski definition) is 3. The highest BCUT2D eigenvalue weighted by molar-refractivity contribution is 6.31. The van der Waals surface area contributed by atoms with Crippen LogP contribution in [0.15, 0.2) is 42.7 Å². The van der Waals surface area contributed by atoms with Gasteiger partial charge in [-0.2, -0.15) is 0 Å². The molecule has 0 radical (unpaired) electrons. The molecule has 124 valence electrons. The van der Waals surface area contributed by atoms with Gasteiger partial charge in [0.2, 0.25) is 5.91 Å². The zero-order chi connectivity index (χ0) is 16.9. The lowest BCUT2D eigenvalue weighted by molar-refractivity contribution is -0.115. The Kier molecular flexibility index (Phi) is 5.11. The van der Waals surface area contributed by atoms with Crippen LogP contribution >= 0.6 is 11.6 Å². The number of rotatable bonds is 6. The first-order valence-corrected chi connectivity index (χ1v) is 8.26. The Balaban J connectivity index is 1.69. The summed E-state index contributed by atoms with van der Waals surface area (Å²) in [4.78, 5) is 28.6. The molecule has 3 rings (SSSR count). The fraction of sp³-hybridized carbons (Fsp3) is 0.278. The van der Waals surface area contributed by atoms with E-state index in [0.29, 0.717) is 28.7 Å². The number of hydrogen-bond donors (Lipinski definition) is 2. The van der Waals surface area contributed by atoms with E-state index in [1.54, 1.807) is 36.7 Å². The third kappa shape index (κ3) is 4.55. The van der Waals surface area contributed by atoms with E-state index in [9.17, 15) is 9.59 Å². The van der Waals surface area contributed by atoms with Gasteiger partial charge in [0.1, 0.15) is 0 Å². The topological polar surface area (TPSA) is 71.1 Å². The van der Waals surface area contributed by atoms with Gasteiger partial charge >= 0.3 is 0 Å². The van der Waals surface area contributed by atoms with Gasteiger partial charge in [0.15, 0.2) is 0 Å². The van der Waals surface area contributed by atoms with Gasteiger partial charge in [0.05, 0.1) is 17.7 Å². The van der Waals surface area contributed by atoms with Crippen LogP contribution in [0.5, 0.6) is 0 Å². The van der Waals surface area contributed by atoms with Crippen LogP contribution in [0, 0.1) is 5.92 Å². The number of nitrogens with zero attached hydrogens (tertiary/aromatic N) is 1. The van der Waals surface area contributed by atoms with Crippen molar-refractivity contribution in [1.82, 2.24) is 10.3 Å². The van der Waals surface area contributed by atoms with Crippen molar-refractivity contribution < 1.29 is 9.59 Å². The SMILES string of the molecule is O=C(Cc1cccnc1)Nc1ccc(Cl)cc1C(=O)NCC1CC1. The fourth-order valence-electron chi connectivity index (χ4n) is 2.35. The van der Waals surface area contributed by atoms with E-state index in [2.05, 4.69) is 15.6 Å². The summed E-state index contributed by atoms with van der Waals surface area (Å²) < 4.78 is 0. The van der Waals surface area contributed by atoms with E-state index >= 15 is 0 Å². The Morgan fingerprint density at radius 1 is 1.25 bits per heavy atom. The maximum atomic E-state index is 12.4. The molecule has 2 N–H and O–H groups in total. The first kappa shape index (κ1) is 16.5. The van der Waals surface area contributed by atoms with Crippen molar-refractivity contribution >= 4 is 29.1 Å². The summed E-state index contributed by atoms with van der Waals surface area (Å²) in [7, 11) is 0. The summed E-state index contributed by atoms with van der Waals surface area (Å²) in [5.41, 5.74) is 1.65. The largest absolute Gasteiger partial charge is 0.352 e. The Bertz CT molecular complexity index is 745. The predicted molar refractivity (Wildman–Crippen MR) is 93.1 cm³/mol. The summed E-state index contributed by atoms with van der Waals surface area (Å²) in [5.74, 6) is 0.152. The second-order valence-corrected chi connectivity index (χ2v) is 6.37.